The molecule has 0 saturated carbocycles. The van der Waals surface area contributed by atoms with Gasteiger partial charge < -0.3 is 18.7 Å². The Kier molecular flexibility index (Phi) is 11.6. The lowest BCUT2D eigenvalue weighted by Gasteiger charge is -2.37. The second kappa shape index (κ2) is 13.6. The van der Waals surface area contributed by atoms with E-state index in [4.69, 9.17) is 13.6 Å². The highest BCUT2D eigenvalue weighted by Gasteiger charge is 2.34. The van der Waals surface area contributed by atoms with Crippen LogP contribution in [0.5, 0.6) is 5.75 Å². The molecule has 0 atom stereocenters. The molecule has 4 radical (unpaired) electrons. The van der Waals surface area contributed by atoms with E-state index in [0.29, 0.717) is 26.1 Å². The van der Waals surface area contributed by atoms with E-state index in [1.165, 1.54) is 0 Å². The Hall–Kier alpha value is -1.97. The first kappa shape index (κ1) is 35.2. The van der Waals surface area contributed by atoms with Crippen LogP contribution in [0.1, 0.15) is 112 Å². The molecular formula is C35H52O4Si2. The molecule has 0 amide bonds. The van der Waals surface area contributed by atoms with Crippen LogP contribution in [0.2, 0.25) is 10.1 Å². The van der Waals surface area contributed by atoms with E-state index in [-0.39, 0.29) is 10.1 Å². The molecule has 0 heterocycles. The fourth-order valence-electron chi connectivity index (χ4n) is 3.90. The molecule has 6 heteroatoms. The zero-order chi connectivity index (χ0) is 31.3. The number of hydrogen-bond acceptors (Lipinski definition) is 4. The third-order valence-corrected chi connectivity index (χ3v) is 8.60. The van der Waals surface area contributed by atoms with Gasteiger partial charge in [-0.15, -0.1) is 0 Å². The summed E-state index contributed by atoms with van der Waals surface area (Å²) in [6, 6.07) is 14.7. The molecule has 4 nitrogen and oxygen atoms in total. The van der Waals surface area contributed by atoms with Crippen molar-refractivity contribution in [1.82, 2.24) is 0 Å². The van der Waals surface area contributed by atoms with Gasteiger partial charge in [-0.2, -0.15) is 0 Å². The van der Waals surface area contributed by atoms with E-state index in [9.17, 15) is 5.11 Å². The average molecular weight is 593 g/mol. The van der Waals surface area contributed by atoms with Gasteiger partial charge in [0.25, 0.3) is 0 Å². The first-order valence-electron chi connectivity index (χ1n) is 14.4. The van der Waals surface area contributed by atoms with Crippen LogP contribution in [-0.2, 0) is 26.7 Å². The second-order valence-electron chi connectivity index (χ2n) is 14.5. The summed E-state index contributed by atoms with van der Waals surface area (Å²) in [7, 11) is 0.724. The summed E-state index contributed by atoms with van der Waals surface area (Å²) < 4.78 is 19.4. The molecule has 0 fully saturated rings. The highest BCUT2D eigenvalue weighted by molar-refractivity contribution is 6.32. The third kappa shape index (κ3) is 12.4. The molecule has 0 aliphatic heterocycles. The SMILES string of the molecule is C/C(=C\C=C\C(C)(C)O)c1cccc(COc2ccc(C(C)(C)O[Si]C(C)(C)C)c(C(C)(C)O[Si]C(C)(C)C)c2)c1. The highest BCUT2D eigenvalue weighted by atomic mass is 28.2. The topological polar surface area (TPSA) is 47.9 Å². The molecule has 2 aromatic rings. The number of hydrogen-bond donors (Lipinski definition) is 1. The monoisotopic (exact) mass is 592 g/mol. The molecule has 0 saturated heterocycles. The zero-order valence-electron chi connectivity index (χ0n) is 27.7. The Morgan fingerprint density at radius 2 is 1.32 bits per heavy atom. The van der Waals surface area contributed by atoms with Gasteiger partial charge in [0.1, 0.15) is 12.4 Å². The molecule has 0 bridgehead atoms. The van der Waals surface area contributed by atoms with Gasteiger partial charge in [-0.25, -0.2) is 0 Å². The lowest BCUT2D eigenvalue weighted by atomic mass is 9.85. The van der Waals surface area contributed by atoms with Crippen molar-refractivity contribution < 1.29 is 18.7 Å². The van der Waals surface area contributed by atoms with Crippen LogP contribution >= 0.6 is 0 Å². The maximum Gasteiger partial charge on any atom is 0.236 e. The van der Waals surface area contributed by atoms with Gasteiger partial charge in [0.2, 0.25) is 19.5 Å². The summed E-state index contributed by atoms with van der Waals surface area (Å²) in [6.07, 6.45) is 5.71. The Bertz CT molecular complexity index is 1210. The van der Waals surface area contributed by atoms with Gasteiger partial charge in [-0.3, -0.25) is 0 Å². The number of allylic oxidation sites excluding steroid dienone is 3. The normalized spacial score (nSPS) is 14.1. The summed E-state index contributed by atoms with van der Waals surface area (Å²) in [5.41, 5.74) is 3.70. The van der Waals surface area contributed by atoms with Gasteiger partial charge in [0, 0.05) is 0 Å². The smallest absolute Gasteiger partial charge is 0.236 e. The van der Waals surface area contributed by atoms with E-state index in [0.717, 1.165) is 33.6 Å². The minimum Gasteiger partial charge on any atom is -0.489 e. The van der Waals surface area contributed by atoms with E-state index in [2.05, 4.69) is 113 Å². The molecule has 224 valence electrons. The summed E-state index contributed by atoms with van der Waals surface area (Å²) in [5.74, 6) is 0.805. The maximum atomic E-state index is 9.93. The maximum absolute atomic E-state index is 9.93. The molecule has 0 aromatic heterocycles. The number of ether oxygens (including phenoxy) is 1. The molecule has 2 aromatic carbocycles. The van der Waals surface area contributed by atoms with Crippen molar-refractivity contribution in [2.24, 2.45) is 0 Å². The number of aliphatic hydroxyl groups is 1. The van der Waals surface area contributed by atoms with E-state index >= 15 is 0 Å². The Morgan fingerprint density at radius 1 is 0.756 bits per heavy atom. The molecule has 1 N–H and O–H groups in total. The van der Waals surface area contributed by atoms with Crippen LogP contribution in [0.3, 0.4) is 0 Å². The van der Waals surface area contributed by atoms with Crippen molar-refractivity contribution in [1.29, 1.82) is 0 Å². The standard InChI is InChI=1S/C35H52O4Si2/c1-25(16-15-21-33(8,9)36)27-18-14-17-26(22-27)24-37-28-19-20-29(34(10,11)38-40-31(2,3)4)30(23-28)35(12,13)39-41-32(5,6)7/h14-23,36H,24H2,1-13H3/b21-15+,25-16+. The zero-order valence-corrected chi connectivity index (χ0v) is 29.7. The van der Waals surface area contributed by atoms with Crippen molar-refractivity contribution in [2.75, 3.05) is 0 Å². The quantitative estimate of drug-likeness (QED) is 0.197. The lowest BCUT2D eigenvalue weighted by Crippen LogP contribution is -2.34. The highest BCUT2D eigenvalue weighted by Crippen LogP contribution is 2.40. The van der Waals surface area contributed by atoms with Crippen LogP contribution in [0.25, 0.3) is 5.57 Å². The fraction of sp³-hybridized carbons (Fsp3) is 0.543. The van der Waals surface area contributed by atoms with Crippen LogP contribution in [0, 0.1) is 0 Å². The van der Waals surface area contributed by atoms with Crippen molar-refractivity contribution in [3.05, 3.63) is 82.9 Å². The van der Waals surface area contributed by atoms with Crippen LogP contribution in [0.4, 0.5) is 0 Å². The van der Waals surface area contributed by atoms with Gasteiger partial charge in [-0.1, -0.05) is 84.0 Å². The summed E-state index contributed by atoms with van der Waals surface area (Å²) >= 11 is 0. The van der Waals surface area contributed by atoms with Gasteiger partial charge >= 0.3 is 0 Å². The molecule has 0 aliphatic carbocycles. The minimum atomic E-state index is -0.831. The van der Waals surface area contributed by atoms with Gasteiger partial charge in [0.15, 0.2) is 0 Å². The first-order valence-corrected chi connectivity index (χ1v) is 16.3. The Labute approximate surface area is 255 Å². The predicted octanol–water partition coefficient (Wildman–Crippen LogP) is 9.17. The van der Waals surface area contributed by atoms with Crippen molar-refractivity contribution in [3.63, 3.8) is 0 Å². The van der Waals surface area contributed by atoms with E-state index < -0.39 is 16.8 Å². The second-order valence-corrected chi connectivity index (χ2v) is 18.3. The Balaban J connectivity index is 2.36. The molecule has 0 spiro atoms. The average Bonchev–Trinajstić information content (AvgIpc) is 2.83. The predicted molar refractivity (Wildman–Crippen MR) is 175 cm³/mol. The summed E-state index contributed by atoms with van der Waals surface area (Å²) in [4.78, 5) is 0. The molecular weight excluding hydrogens is 541 g/mol. The van der Waals surface area contributed by atoms with Crippen molar-refractivity contribution in [3.8, 4) is 5.75 Å². The van der Waals surface area contributed by atoms with Crippen molar-refractivity contribution >= 4 is 25.1 Å². The summed E-state index contributed by atoms with van der Waals surface area (Å²) in [5, 5.41) is 10.1. The van der Waals surface area contributed by atoms with E-state index in [1.54, 1.807) is 19.9 Å². The van der Waals surface area contributed by atoms with Crippen molar-refractivity contribution in [2.45, 2.75) is 123 Å². The minimum absolute atomic E-state index is 0.0763. The Morgan fingerprint density at radius 3 is 1.85 bits per heavy atom. The van der Waals surface area contributed by atoms with Gasteiger partial charge in [-0.05, 0) is 105 Å². The lowest BCUT2D eigenvalue weighted by molar-refractivity contribution is 0.0826. The third-order valence-electron chi connectivity index (χ3n) is 6.15. The fourth-order valence-corrected chi connectivity index (χ4v) is 5.25. The first-order chi connectivity index (χ1) is 18.6. The molecule has 0 aliphatic rings. The number of rotatable bonds is 12. The van der Waals surface area contributed by atoms with Crippen LogP contribution in [0.15, 0.2) is 60.7 Å². The molecule has 0 unspecified atom stereocenters. The molecule has 41 heavy (non-hydrogen) atoms. The summed E-state index contributed by atoms with van der Waals surface area (Å²) in [6.45, 7) is 27.8. The van der Waals surface area contributed by atoms with E-state index in [1.807, 2.05) is 18.2 Å². The van der Waals surface area contributed by atoms with Crippen LogP contribution < -0.4 is 4.74 Å². The van der Waals surface area contributed by atoms with Crippen LogP contribution in [-0.4, -0.2) is 30.2 Å². The largest absolute Gasteiger partial charge is 0.489 e. The number of benzene rings is 2. The molecule has 2 rings (SSSR count). The van der Waals surface area contributed by atoms with Gasteiger partial charge in [0.05, 0.1) is 16.8 Å².